The van der Waals surface area contributed by atoms with Crippen molar-refractivity contribution < 1.29 is 9.59 Å². The fraction of sp³-hybridized carbons (Fsp3) is 0.250. The van der Waals surface area contributed by atoms with Gasteiger partial charge in [0.25, 0.3) is 5.91 Å². The van der Waals surface area contributed by atoms with Crippen molar-refractivity contribution in [1.82, 2.24) is 0 Å². The average molecular weight is 217 g/mol. The maximum Gasteiger partial charge on any atom is 0.250 e. The molecule has 0 saturated carbocycles. The molecule has 2 amide bonds. The third kappa shape index (κ3) is 1.66. The van der Waals surface area contributed by atoms with Gasteiger partial charge in [-0.3, -0.25) is 9.59 Å². The van der Waals surface area contributed by atoms with Crippen LogP contribution in [0.2, 0.25) is 0 Å². The van der Waals surface area contributed by atoms with Crippen LogP contribution in [0.5, 0.6) is 0 Å². The summed E-state index contributed by atoms with van der Waals surface area (Å²) in [6.07, 6.45) is 1.33. The summed E-state index contributed by atoms with van der Waals surface area (Å²) in [6.45, 7) is 4.47. The lowest BCUT2D eigenvalue weighted by atomic mass is 10.1. The molecule has 4 heteroatoms. The number of anilines is 1. The number of benzene rings is 1. The van der Waals surface area contributed by atoms with Crippen LogP contribution < -0.4 is 10.6 Å². The van der Waals surface area contributed by atoms with Gasteiger partial charge in [0, 0.05) is 13.0 Å². The first-order valence-corrected chi connectivity index (χ1v) is 5.16. The summed E-state index contributed by atoms with van der Waals surface area (Å²) >= 11 is 0. The van der Waals surface area contributed by atoms with Gasteiger partial charge in [0.05, 0.1) is 11.3 Å². The molecular formula is C12H13N2O2. The highest BCUT2D eigenvalue weighted by atomic mass is 16.2. The van der Waals surface area contributed by atoms with E-state index >= 15 is 0 Å². The van der Waals surface area contributed by atoms with E-state index in [4.69, 9.17) is 5.73 Å². The molecule has 0 unspecified atom stereocenters. The van der Waals surface area contributed by atoms with E-state index in [1.807, 2.05) is 0 Å². The Morgan fingerprint density at radius 1 is 1.44 bits per heavy atom. The van der Waals surface area contributed by atoms with E-state index in [1.54, 1.807) is 23.1 Å². The second-order valence-corrected chi connectivity index (χ2v) is 3.83. The van der Waals surface area contributed by atoms with E-state index < -0.39 is 5.91 Å². The van der Waals surface area contributed by atoms with Crippen molar-refractivity contribution in [3.05, 3.63) is 36.2 Å². The van der Waals surface area contributed by atoms with Gasteiger partial charge in [-0.2, -0.15) is 0 Å². The Bertz CT molecular complexity index is 454. The molecule has 1 aromatic carbocycles. The number of nitrogens with zero attached hydrogens (tertiary/aromatic N) is 1. The molecule has 1 aliphatic heterocycles. The Balaban J connectivity index is 2.53. The second-order valence-electron chi connectivity index (χ2n) is 3.83. The van der Waals surface area contributed by atoms with Crippen LogP contribution in [0.1, 0.15) is 28.8 Å². The normalized spacial score (nSPS) is 15.6. The lowest BCUT2D eigenvalue weighted by Gasteiger charge is -2.20. The zero-order chi connectivity index (χ0) is 11.7. The van der Waals surface area contributed by atoms with Gasteiger partial charge < -0.3 is 10.6 Å². The van der Waals surface area contributed by atoms with Crippen LogP contribution in [0, 0.1) is 6.92 Å². The number of rotatable bonds is 2. The van der Waals surface area contributed by atoms with Gasteiger partial charge in [0.1, 0.15) is 0 Å². The van der Waals surface area contributed by atoms with Crippen molar-refractivity contribution in [3.63, 3.8) is 0 Å². The smallest absolute Gasteiger partial charge is 0.250 e. The predicted molar refractivity (Wildman–Crippen MR) is 61.0 cm³/mol. The number of nitrogens with two attached hydrogens (primary N) is 1. The first-order chi connectivity index (χ1) is 7.61. The standard InChI is InChI=1S/C12H13N2O2/c1-8-4-2-5-9(12(13)16)11(8)14-7-3-6-10(14)15/h2,4-5H,1,3,6-7H2,(H2,13,16). The van der Waals surface area contributed by atoms with Crippen molar-refractivity contribution in [2.24, 2.45) is 5.73 Å². The van der Waals surface area contributed by atoms with Crippen molar-refractivity contribution in [2.75, 3.05) is 11.4 Å². The minimum atomic E-state index is -0.528. The fourth-order valence-corrected chi connectivity index (χ4v) is 1.99. The molecule has 83 valence electrons. The number of hydrogen-bond donors (Lipinski definition) is 1. The van der Waals surface area contributed by atoms with Crippen LogP contribution >= 0.6 is 0 Å². The van der Waals surface area contributed by atoms with E-state index in [0.29, 0.717) is 29.8 Å². The summed E-state index contributed by atoms with van der Waals surface area (Å²) in [7, 11) is 0. The van der Waals surface area contributed by atoms with Crippen molar-refractivity contribution >= 4 is 17.5 Å². The van der Waals surface area contributed by atoms with E-state index in [1.165, 1.54) is 0 Å². The topological polar surface area (TPSA) is 63.4 Å². The molecule has 1 aromatic rings. The fourth-order valence-electron chi connectivity index (χ4n) is 1.99. The monoisotopic (exact) mass is 217 g/mol. The minimum Gasteiger partial charge on any atom is -0.366 e. The highest BCUT2D eigenvalue weighted by molar-refractivity contribution is 6.05. The molecule has 1 saturated heterocycles. The molecule has 16 heavy (non-hydrogen) atoms. The summed E-state index contributed by atoms with van der Waals surface area (Å²) < 4.78 is 0. The Morgan fingerprint density at radius 3 is 2.75 bits per heavy atom. The minimum absolute atomic E-state index is 0.0265. The molecule has 0 aromatic heterocycles. The molecule has 1 fully saturated rings. The third-order valence-electron chi connectivity index (χ3n) is 2.73. The van der Waals surface area contributed by atoms with Crippen molar-refractivity contribution in [2.45, 2.75) is 12.8 Å². The number of amides is 2. The van der Waals surface area contributed by atoms with Gasteiger partial charge in [-0.05, 0) is 25.0 Å². The molecule has 0 atom stereocenters. The molecule has 2 rings (SSSR count). The molecule has 0 aliphatic carbocycles. The summed E-state index contributed by atoms with van der Waals surface area (Å²) in [5.41, 5.74) is 6.88. The second kappa shape index (κ2) is 3.96. The Labute approximate surface area is 94.0 Å². The highest BCUT2D eigenvalue weighted by Gasteiger charge is 2.26. The van der Waals surface area contributed by atoms with E-state index in [2.05, 4.69) is 6.92 Å². The van der Waals surface area contributed by atoms with Crippen molar-refractivity contribution in [1.29, 1.82) is 0 Å². The predicted octanol–water partition coefficient (Wildman–Crippen LogP) is 1.09. The van der Waals surface area contributed by atoms with E-state index in [-0.39, 0.29) is 5.91 Å². The molecule has 0 spiro atoms. The van der Waals surface area contributed by atoms with Gasteiger partial charge >= 0.3 is 0 Å². The average Bonchev–Trinajstić information content (AvgIpc) is 2.64. The number of para-hydroxylation sites is 1. The highest BCUT2D eigenvalue weighted by Crippen LogP contribution is 2.28. The zero-order valence-corrected chi connectivity index (χ0v) is 8.90. The SMILES string of the molecule is [CH2]c1cccc(C(N)=O)c1N1CCCC1=O. The molecule has 1 aliphatic rings. The number of hydrogen-bond acceptors (Lipinski definition) is 2. The van der Waals surface area contributed by atoms with Crippen LogP contribution in [-0.2, 0) is 4.79 Å². The quantitative estimate of drug-likeness (QED) is 0.806. The van der Waals surface area contributed by atoms with Crippen LogP contribution in [0.15, 0.2) is 18.2 Å². The number of primary amides is 1. The van der Waals surface area contributed by atoms with Crippen molar-refractivity contribution in [3.8, 4) is 0 Å². The van der Waals surface area contributed by atoms with E-state index in [9.17, 15) is 9.59 Å². The summed E-state index contributed by atoms with van der Waals surface area (Å²) in [5, 5.41) is 0. The van der Waals surface area contributed by atoms with Gasteiger partial charge in [-0.15, -0.1) is 0 Å². The van der Waals surface area contributed by atoms with Gasteiger partial charge in [0.15, 0.2) is 0 Å². The van der Waals surface area contributed by atoms with Gasteiger partial charge in [-0.25, -0.2) is 0 Å². The molecule has 2 N–H and O–H groups in total. The number of carbonyl (C=O) groups is 2. The van der Waals surface area contributed by atoms with Gasteiger partial charge in [0.2, 0.25) is 5.91 Å². The summed E-state index contributed by atoms with van der Waals surface area (Å²) in [6, 6.07) is 5.11. The maximum atomic E-state index is 11.6. The molecule has 0 bridgehead atoms. The van der Waals surface area contributed by atoms with Crippen LogP contribution in [-0.4, -0.2) is 18.4 Å². The van der Waals surface area contributed by atoms with Crippen LogP contribution in [0.3, 0.4) is 0 Å². The molecule has 1 heterocycles. The Hall–Kier alpha value is -1.84. The first-order valence-electron chi connectivity index (χ1n) is 5.16. The third-order valence-corrected chi connectivity index (χ3v) is 2.73. The largest absolute Gasteiger partial charge is 0.366 e. The number of carbonyl (C=O) groups excluding carboxylic acids is 2. The lowest BCUT2D eigenvalue weighted by Crippen LogP contribution is -2.28. The molecular weight excluding hydrogens is 204 g/mol. The Morgan fingerprint density at radius 2 is 2.19 bits per heavy atom. The molecule has 4 nitrogen and oxygen atoms in total. The zero-order valence-electron chi connectivity index (χ0n) is 8.90. The first kappa shape index (κ1) is 10.7. The Kier molecular flexibility index (Phi) is 2.64. The van der Waals surface area contributed by atoms with Gasteiger partial charge in [-0.1, -0.05) is 12.1 Å². The maximum absolute atomic E-state index is 11.6. The summed E-state index contributed by atoms with van der Waals surface area (Å²) in [5.74, 6) is -0.501. The van der Waals surface area contributed by atoms with E-state index in [0.717, 1.165) is 6.42 Å². The summed E-state index contributed by atoms with van der Waals surface area (Å²) in [4.78, 5) is 24.5. The molecule has 1 radical (unpaired) electrons. The lowest BCUT2D eigenvalue weighted by molar-refractivity contribution is -0.117. The van der Waals surface area contributed by atoms with Crippen LogP contribution in [0.4, 0.5) is 5.69 Å². The van der Waals surface area contributed by atoms with Crippen LogP contribution in [0.25, 0.3) is 0 Å².